The van der Waals surface area contributed by atoms with Gasteiger partial charge in [-0.25, -0.2) is 0 Å². The first kappa shape index (κ1) is 9.92. The number of nitrogens with one attached hydrogen (secondary N) is 1. The molecule has 0 bridgehead atoms. The number of hydrogen-bond donors (Lipinski definition) is 1. The summed E-state index contributed by atoms with van der Waals surface area (Å²) in [6.45, 7) is 6.69. The lowest BCUT2D eigenvalue weighted by Crippen LogP contribution is -2.48. The summed E-state index contributed by atoms with van der Waals surface area (Å²) in [5, 5.41) is 3.27. The van der Waals surface area contributed by atoms with E-state index in [2.05, 4.69) is 45.1 Å². The van der Waals surface area contributed by atoms with Crippen LogP contribution in [0.25, 0.3) is 0 Å². The summed E-state index contributed by atoms with van der Waals surface area (Å²) in [7, 11) is 6.18. The van der Waals surface area contributed by atoms with Crippen molar-refractivity contribution in [2.75, 3.05) is 21.1 Å². The summed E-state index contributed by atoms with van der Waals surface area (Å²) in [5.74, 6) is 0. The number of hydrogen-bond acceptors (Lipinski definition) is 2. The molecular formula is C8H20N2. The van der Waals surface area contributed by atoms with Crippen molar-refractivity contribution in [3.05, 3.63) is 0 Å². The van der Waals surface area contributed by atoms with Crippen molar-refractivity contribution in [2.45, 2.75) is 26.9 Å². The maximum absolute atomic E-state index is 3.27. The van der Waals surface area contributed by atoms with E-state index in [1.54, 1.807) is 0 Å². The smallest absolute Gasteiger partial charge is 0.0639 e. The van der Waals surface area contributed by atoms with Crippen molar-refractivity contribution >= 4 is 0 Å². The minimum atomic E-state index is 0.304. The second-order valence-corrected chi connectivity index (χ2v) is 4.02. The Kier molecular flexibility index (Phi) is 3.33. The van der Waals surface area contributed by atoms with Crippen LogP contribution in [-0.2, 0) is 0 Å². The summed E-state index contributed by atoms with van der Waals surface area (Å²) in [6.07, 6.45) is 0.451. The Hall–Kier alpha value is -0.0800. The third-order valence-corrected chi connectivity index (χ3v) is 1.61. The van der Waals surface area contributed by atoms with Crippen LogP contribution in [0.5, 0.6) is 0 Å². The molecule has 0 spiro atoms. The van der Waals surface area contributed by atoms with Crippen LogP contribution in [0.2, 0.25) is 0 Å². The van der Waals surface area contributed by atoms with Crippen molar-refractivity contribution in [1.82, 2.24) is 10.2 Å². The van der Waals surface area contributed by atoms with Crippen LogP contribution < -0.4 is 5.32 Å². The van der Waals surface area contributed by atoms with E-state index in [9.17, 15) is 0 Å². The van der Waals surface area contributed by atoms with E-state index in [1.807, 2.05) is 7.05 Å². The van der Waals surface area contributed by atoms with Crippen LogP contribution in [0.1, 0.15) is 20.8 Å². The topological polar surface area (TPSA) is 15.3 Å². The first-order valence-corrected chi connectivity index (χ1v) is 3.73. The first-order chi connectivity index (χ1) is 4.39. The molecule has 1 N–H and O–H groups in total. The summed E-state index contributed by atoms with van der Waals surface area (Å²) < 4.78 is 0. The molecule has 0 aromatic heterocycles. The first-order valence-electron chi connectivity index (χ1n) is 3.73. The van der Waals surface area contributed by atoms with Crippen LogP contribution in [-0.4, -0.2) is 32.2 Å². The van der Waals surface area contributed by atoms with Gasteiger partial charge >= 0.3 is 0 Å². The molecule has 0 rings (SSSR count). The van der Waals surface area contributed by atoms with Crippen molar-refractivity contribution in [3.63, 3.8) is 0 Å². The zero-order chi connectivity index (χ0) is 8.36. The SMILES string of the molecule is CNC(N(C)C)C(C)(C)C. The van der Waals surface area contributed by atoms with E-state index < -0.39 is 0 Å². The standard InChI is InChI=1S/C8H20N2/c1-8(2,3)7(9-4)10(5)6/h7,9H,1-6H3. The molecule has 0 saturated heterocycles. The Morgan fingerprint density at radius 3 is 1.60 bits per heavy atom. The fourth-order valence-electron chi connectivity index (χ4n) is 1.47. The van der Waals surface area contributed by atoms with Gasteiger partial charge in [-0.15, -0.1) is 0 Å². The Labute approximate surface area is 64.6 Å². The van der Waals surface area contributed by atoms with Crippen LogP contribution in [0, 0.1) is 5.41 Å². The van der Waals surface area contributed by atoms with Gasteiger partial charge < -0.3 is 5.32 Å². The second-order valence-electron chi connectivity index (χ2n) is 4.02. The molecule has 62 valence electrons. The molecule has 0 heterocycles. The highest BCUT2D eigenvalue weighted by Crippen LogP contribution is 2.19. The van der Waals surface area contributed by atoms with E-state index in [0.717, 1.165) is 0 Å². The van der Waals surface area contributed by atoms with Gasteiger partial charge in [-0.05, 0) is 26.6 Å². The predicted molar refractivity (Wildman–Crippen MR) is 46.0 cm³/mol. The molecule has 2 heteroatoms. The Morgan fingerprint density at radius 1 is 1.20 bits per heavy atom. The highest BCUT2D eigenvalue weighted by Gasteiger charge is 2.24. The second kappa shape index (κ2) is 3.35. The van der Waals surface area contributed by atoms with Gasteiger partial charge in [0.25, 0.3) is 0 Å². The fraction of sp³-hybridized carbons (Fsp3) is 1.00. The molecule has 0 aromatic rings. The van der Waals surface area contributed by atoms with Gasteiger partial charge in [0.15, 0.2) is 0 Å². The molecule has 0 aliphatic rings. The Bertz CT molecular complexity index is 91.9. The zero-order valence-electron chi connectivity index (χ0n) is 8.02. The maximum atomic E-state index is 3.27. The monoisotopic (exact) mass is 144 g/mol. The van der Waals surface area contributed by atoms with E-state index >= 15 is 0 Å². The molecule has 0 aromatic carbocycles. The molecule has 0 fully saturated rings. The quantitative estimate of drug-likeness (QED) is 0.585. The highest BCUT2D eigenvalue weighted by atomic mass is 15.2. The van der Waals surface area contributed by atoms with Gasteiger partial charge in [0, 0.05) is 0 Å². The Balaban J connectivity index is 4.07. The van der Waals surface area contributed by atoms with Gasteiger partial charge in [0.05, 0.1) is 6.17 Å². The summed E-state index contributed by atoms with van der Waals surface area (Å²) in [5.41, 5.74) is 0.304. The van der Waals surface area contributed by atoms with Crippen molar-refractivity contribution < 1.29 is 0 Å². The van der Waals surface area contributed by atoms with Crippen LogP contribution in [0.4, 0.5) is 0 Å². The molecular weight excluding hydrogens is 124 g/mol. The zero-order valence-corrected chi connectivity index (χ0v) is 8.02. The average molecular weight is 144 g/mol. The number of nitrogens with zero attached hydrogens (tertiary/aromatic N) is 1. The van der Waals surface area contributed by atoms with Gasteiger partial charge in [-0.1, -0.05) is 20.8 Å². The summed E-state index contributed by atoms with van der Waals surface area (Å²) in [6, 6.07) is 0. The van der Waals surface area contributed by atoms with Gasteiger partial charge in [-0.2, -0.15) is 0 Å². The lowest BCUT2D eigenvalue weighted by atomic mass is 9.92. The van der Waals surface area contributed by atoms with Crippen molar-refractivity contribution in [3.8, 4) is 0 Å². The van der Waals surface area contributed by atoms with Gasteiger partial charge in [0.2, 0.25) is 0 Å². The minimum absolute atomic E-state index is 0.304. The molecule has 2 nitrogen and oxygen atoms in total. The lowest BCUT2D eigenvalue weighted by Gasteiger charge is -2.35. The third kappa shape index (κ3) is 2.67. The largest absolute Gasteiger partial charge is 0.304 e. The molecule has 0 aliphatic carbocycles. The predicted octanol–water partition coefficient (Wildman–Crippen LogP) is 1.14. The fourth-order valence-corrected chi connectivity index (χ4v) is 1.47. The van der Waals surface area contributed by atoms with E-state index in [0.29, 0.717) is 11.6 Å². The third-order valence-electron chi connectivity index (χ3n) is 1.61. The van der Waals surface area contributed by atoms with Crippen molar-refractivity contribution in [2.24, 2.45) is 5.41 Å². The highest BCUT2D eigenvalue weighted by molar-refractivity contribution is 4.76. The van der Waals surface area contributed by atoms with Gasteiger partial charge in [0.1, 0.15) is 0 Å². The lowest BCUT2D eigenvalue weighted by molar-refractivity contribution is 0.127. The molecule has 0 saturated carbocycles. The maximum Gasteiger partial charge on any atom is 0.0639 e. The van der Waals surface area contributed by atoms with E-state index in [1.165, 1.54) is 0 Å². The molecule has 0 aliphatic heterocycles. The van der Waals surface area contributed by atoms with Gasteiger partial charge in [-0.3, -0.25) is 4.90 Å². The molecule has 0 amide bonds. The normalized spacial score (nSPS) is 15.9. The number of rotatable bonds is 2. The molecule has 1 unspecified atom stereocenters. The van der Waals surface area contributed by atoms with E-state index in [-0.39, 0.29) is 0 Å². The molecule has 10 heavy (non-hydrogen) atoms. The summed E-state index contributed by atoms with van der Waals surface area (Å²) in [4.78, 5) is 2.19. The van der Waals surface area contributed by atoms with Crippen LogP contribution in [0.3, 0.4) is 0 Å². The van der Waals surface area contributed by atoms with Crippen molar-refractivity contribution in [1.29, 1.82) is 0 Å². The minimum Gasteiger partial charge on any atom is -0.304 e. The van der Waals surface area contributed by atoms with Crippen LogP contribution in [0.15, 0.2) is 0 Å². The summed E-state index contributed by atoms with van der Waals surface area (Å²) >= 11 is 0. The van der Waals surface area contributed by atoms with E-state index in [4.69, 9.17) is 0 Å². The average Bonchev–Trinajstić information content (AvgIpc) is 1.60. The molecule has 1 atom stereocenters. The Morgan fingerprint density at radius 2 is 1.60 bits per heavy atom. The van der Waals surface area contributed by atoms with Crippen LogP contribution >= 0.6 is 0 Å². The molecule has 0 radical (unpaired) electrons.